The Hall–Kier alpha value is -6.38. The van der Waals surface area contributed by atoms with Gasteiger partial charge in [0.2, 0.25) is 0 Å². The van der Waals surface area contributed by atoms with Crippen LogP contribution in [0, 0.1) is 0 Å². The second-order valence-electron chi connectivity index (χ2n) is 12.5. The Morgan fingerprint density at radius 1 is 0.292 bits per heavy atom. The number of rotatable bonds is 4. The molecule has 48 heavy (non-hydrogen) atoms. The second kappa shape index (κ2) is 10.6. The largest absolute Gasteiger partial charge is 0.309 e. The minimum atomic E-state index is 1.15. The molecular formula is C46H30N2. The van der Waals surface area contributed by atoms with Crippen molar-refractivity contribution in [1.29, 1.82) is 0 Å². The van der Waals surface area contributed by atoms with E-state index < -0.39 is 0 Å². The van der Waals surface area contributed by atoms with E-state index >= 15 is 0 Å². The summed E-state index contributed by atoms with van der Waals surface area (Å²) in [7, 11) is 0. The summed E-state index contributed by atoms with van der Waals surface area (Å²) in [5, 5.41) is 7.62. The molecule has 0 unspecified atom stereocenters. The molecule has 224 valence electrons. The maximum absolute atomic E-state index is 2.46. The van der Waals surface area contributed by atoms with E-state index in [4.69, 9.17) is 0 Å². The Labute approximate surface area is 278 Å². The van der Waals surface area contributed by atoms with Gasteiger partial charge in [-0.3, -0.25) is 0 Å². The maximum atomic E-state index is 2.46. The van der Waals surface area contributed by atoms with Crippen LogP contribution in [0.3, 0.4) is 0 Å². The quantitative estimate of drug-likeness (QED) is 0.188. The zero-order chi connectivity index (χ0) is 31.6. The van der Waals surface area contributed by atoms with Crippen molar-refractivity contribution in [2.24, 2.45) is 0 Å². The minimum Gasteiger partial charge on any atom is -0.309 e. The van der Waals surface area contributed by atoms with E-state index in [1.807, 2.05) is 0 Å². The first kappa shape index (κ1) is 26.8. The van der Waals surface area contributed by atoms with Gasteiger partial charge >= 0.3 is 0 Å². The lowest BCUT2D eigenvalue weighted by Gasteiger charge is -2.12. The Morgan fingerprint density at radius 3 is 1.62 bits per heavy atom. The van der Waals surface area contributed by atoms with Crippen LogP contribution in [0.2, 0.25) is 0 Å². The van der Waals surface area contributed by atoms with Gasteiger partial charge in [0.25, 0.3) is 0 Å². The van der Waals surface area contributed by atoms with Crippen molar-refractivity contribution in [2.75, 3.05) is 0 Å². The lowest BCUT2D eigenvalue weighted by Crippen LogP contribution is -1.95. The molecule has 0 aliphatic carbocycles. The SMILES string of the molecule is c1ccc(-c2ccc3c4c5c6ccccc6n(-c6ccccc6)c5ccc4n(-c4ccc(-c5cccc6ccccc56)cc4)c3c2)cc1. The van der Waals surface area contributed by atoms with Crippen molar-refractivity contribution in [1.82, 2.24) is 9.13 Å². The summed E-state index contributed by atoms with van der Waals surface area (Å²) in [4.78, 5) is 0. The molecule has 2 heteroatoms. The summed E-state index contributed by atoms with van der Waals surface area (Å²) in [6, 6.07) is 66.1. The molecule has 0 saturated heterocycles. The van der Waals surface area contributed by atoms with Gasteiger partial charge in [-0.05, 0) is 81.6 Å². The molecule has 2 nitrogen and oxygen atoms in total. The molecule has 0 atom stereocenters. The highest BCUT2D eigenvalue weighted by molar-refractivity contribution is 6.29. The van der Waals surface area contributed by atoms with Crippen LogP contribution >= 0.6 is 0 Å². The Morgan fingerprint density at radius 2 is 0.854 bits per heavy atom. The lowest BCUT2D eigenvalue weighted by atomic mass is 9.98. The number of benzene rings is 8. The molecule has 10 rings (SSSR count). The molecule has 8 aromatic carbocycles. The van der Waals surface area contributed by atoms with Crippen LogP contribution in [0.15, 0.2) is 182 Å². The molecular weight excluding hydrogens is 581 g/mol. The van der Waals surface area contributed by atoms with Crippen molar-refractivity contribution in [3.8, 4) is 33.6 Å². The number of hydrogen-bond donors (Lipinski definition) is 0. The topological polar surface area (TPSA) is 9.86 Å². The molecule has 0 saturated carbocycles. The molecule has 0 aliphatic rings. The fourth-order valence-corrected chi connectivity index (χ4v) is 7.78. The molecule has 0 N–H and O–H groups in total. The summed E-state index contributed by atoms with van der Waals surface area (Å²) < 4.78 is 4.86. The van der Waals surface area contributed by atoms with Crippen molar-refractivity contribution in [3.63, 3.8) is 0 Å². The van der Waals surface area contributed by atoms with Crippen LogP contribution in [0.25, 0.3) is 88.0 Å². The Bertz CT molecular complexity index is 2800. The Balaban J connectivity index is 1.27. The molecule has 0 amide bonds. The first-order valence-electron chi connectivity index (χ1n) is 16.5. The number of aromatic nitrogens is 2. The van der Waals surface area contributed by atoms with E-state index in [0.717, 1.165) is 5.69 Å². The van der Waals surface area contributed by atoms with Gasteiger partial charge in [0.15, 0.2) is 0 Å². The average molecular weight is 611 g/mol. The van der Waals surface area contributed by atoms with E-state index in [1.54, 1.807) is 0 Å². The number of nitrogens with zero attached hydrogens (tertiary/aromatic N) is 2. The van der Waals surface area contributed by atoms with Gasteiger partial charge in [0.1, 0.15) is 0 Å². The van der Waals surface area contributed by atoms with Gasteiger partial charge in [0.05, 0.1) is 22.1 Å². The normalized spacial score (nSPS) is 11.8. The first-order valence-corrected chi connectivity index (χ1v) is 16.5. The summed E-state index contributed by atoms with van der Waals surface area (Å²) in [6.07, 6.45) is 0. The van der Waals surface area contributed by atoms with E-state index in [2.05, 4.69) is 191 Å². The molecule has 0 bridgehead atoms. The molecule has 2 aromatic heterocycles. The molecule has 2 heterocycles. The zero-order valence-corrected chi connectivity index (χ0v) is 26.2. The fourth-order valence-electron chi connectivity index (χ4n) is 7.78. The third kappa shape index (κ3) is 4.00. The maximum Gasteiger partial charge on any atom is 0.0548 e. The van der Waals surface area contributed by atoms with Crippen LogP contribution in [0.1, 0.15) is 0 Å². The smallest absolute Gasteiger partial charge is 0.0548 e. The third-order valence-electron chi connectivity index (χ3n) is 9.91. The van der Waals surface area contributed by atoms with Crippen LogP contribution in [0.4, 0.5) is 0 Å². The van der Waals surface area contributed by atoms with Crippen molar-refractivity contribution in [2.45, 2.75) is 0 Å². The lowest BCUT2D eigenvalue weighted by molar-refractivity contribution is 1.17. The van der Waals surface area contributed by atoms with Gasteiger partial charge in [-0.15, -0.1) is 0 Å². The van der Waals surface area contributed by atoms with Crippen LogP contribution < -0.4 is 0 Å². The average Bonchev–Trinajstić information content (AvgIpc) is 3.68. The summed E-state index contributed by atoms with van der Waals surface area (Å²) in [5.41, 5.74) is 12.1. The highest BCUT2D eigenvalue weighted by atomic mass is 15.0. The van der Waals surface area contributed by atoms with Crippen molar-refractivity contribution >= 4 is 54.4 Å². The summed E-state index contributed by atoms with van der Waals surface area (Å²) in [5.74, 6) is 0. The van der Waals surface area contributed by atoms with E-state index in [0.29, 0.717) is 0 Å². The van der Waals surface area contributed by atoms with Crippen LogP contribution in [0.5, 0.6) is 0 Å². The summed E-state index contributed by atoms with van der Waals surface area (Å²) in [6.45, 7) is 0. The van der Waals surface area contributed by atoms with Gasteiger partial charge < -0.3 is 9.13 Å². The third-order valence-corrected chi connectivity index (χ3v) is 9.91. The van der Waals surface area contributed by atoms with Gasteiger partial charge in [-0.1, -0.05) is 133 Å². The highest BCUT2D eigenvalue weighted by Crippen LogP contribution is 2.43. The standard InChI is InChI=1S/C46H30N2/c1-3-12-31(13-4-1)34-24-27-40-44(30-34)48(36-25-22-33(23-26-36)38-20-11-15-32-14-7-8-18-37(32)38)43-29-28-42-45(46(40)43)39-19-9-10-21-41(39)47(42)35-16-5-2-6-17-35/h1-30H. The first-order chi connectivity index (χ1) is 23.8. The van der Waals surface area contributed by atoms with E-state index in [9.17, 15) is 0 Å². The van der Waals surface area contributed by atoms with Crippen molar-refractivity contribution < 1.29 is 0 Å². The van der Waals surface area contributed by atoms with Crippen LogP contribution in [-0.4, -0.2) is 9.13 Å². The number of para-hydroxylation sites is 2. The van der Waals surface area contributed by atoms with Crippen LogP contribution in [-0.2, 0) is 0 Å². The predicted octanol–water partition coefficient (Wildman–Crippen LogP) is 12.4. The van der Waals surface area contributed by atoms with E-state index in [-0.39, 0.29) is 0 Å². The molecule has 0 spiro atoms. The van der Waals surface area contributed by atoms with Gasteiger partial charge in [-0.2, -0.15) is 0 Å². The number of fused-ring (bicyclic) bond motifs is 8. The molecule has 0 fully saturated rings. The molecule has 0 aliphatic heterocycles. The Kier molecular flexibility index (Phi) is 5.91. The highest BCUT2D eigenvalue weighted by Gasteiger charge is 2.21. The second-order valence-corrected chi connectivity index (χ2v) is 12.5. The molecule has 0 radical (unpaired) electrons. The van der Waals surface area contributed by atoms with Gasteiger partial charge in [-0.25, -0.2) is 0 Å². The van der Waals surface area contributed by atoms with Gasteiger partial charge in [0, 0.05) is 32.9 Å². The monoisotopic (exact) mass is 610 g/mol. The minimum absolute atomic E-state index is 1.15. The predicted molar refractivity (Wildman–Crippen MR) is 203 cm³/mol. The van der Waals surface area contributed by atoms with E-state index in [1.165, 1.54) is 82.3 Å². The van der Waals surface area contributed by atoms with Crippen molar-refractivity contribution in [3.05, 3.63) is 182 Å². The zero-order valence-electron chi connectivity index (χ0n) is 26.2. The molecule has 10 aromatic rings. The number of hydrogen-bond acceptors (Lipinski definition) is 0. The fraction of sp³-hybridized carbons (Fsp3) is 0. The summed E-state index contributed by atoms with van der Waals surface area (Å²) >= 11 is 0.